The van der Waals surface area contributed by atoms with Gasteiger partial charge in [0, 0.05) is 6.42 Å². The molecular formula is C15H19F3O. The van der Waals surface area contributed by atoms with E-state index in [0.29, 0.717) is 6.42 Å². The van der Waals surface area contributed by atoms with E-state index in [1.54, 1.807) is 6.92 Å². The van der Waals surface area contributed by atoms with Crippen molar-refractivity contribution in [3.8, 4) is 0 Å². The van der Waals surface area contributed by atoms with Gasteiger partial charge in [-0.3, -0.25) is 0 Å². The standard InChI is InChI=1S/C15H19F3O/c1-11(19)5-4-10-14(2,3)12-6-8-13(9-7-12)15(16,17)18/h6-9H,4-5,10H2,1-3H3. The summed E-state index contributed by atoms with van der Waals surface area (Å²) in [5.41, 5.74) is 0.0133. The second-order valence-corrected chi connectivity index (χ2v) is 5.51. The number of alkyl halides is 3. The number of carbonyl (C=O) groups excluding carboxylic acids is 1. The molecule has 1 aromatic rings. The van der Waals surface area contributed by atoms with Crippen molar-refractivity contribution in [3.63, 3.8) is 0 Å². The van der Waals surface area contributed by atoms with Crippen LogP contribution in [0, 0.1) is 0 Å². The Kier molecular flexibility index (Phi) is 4.77. The van der Waals surface area contributed by atoms with E-state index < -0.39 is 11.7 Å². The normalized spacial score (nSPS) is 12.5. The Morgan fingerprint density at radius 1 is 1.05 bits per heavy atom. The first kappa shape index (κ1) is 15.7. The van der Waals surface area contributed by atoms with Crippen molar-refractivity contribution < 1.29 is 18.0 Å². The second kappa shape index (κ2) is 5.76. The Morgan fingerprint density at radius 3 is 1.95 bits per heavy atom. The fraction of sp³-hybridized carbons (Fsp3) is 0.533. The van der Waals surface area contributed by atoms with Gasteiger partial charge in [0.05, 0.1) is 5.56 Å². The van der Waals surface area contributed by atoms with E-state index in [1.165, 1.54) is 12.1 Å². The summed E-state index contributed by atoms with van der Waals surface area (Å²) in [5.74, 6) is 0.142. The van der Waals surface area contributed by atoms with Gasteiger partial charge in [-0.1, -0.05) is 26.0 Å². The molecule has 0 aliphatic rings. The van der Waals surface area contributed by atoms with Gasteiger partial charge in [0.1, 0.15) is 5.78 Å². The quantitative estimate of drug-likeness (QED) is 0.756. The summed E-state index contributed by atoms with van der Waals surface area (Å²) < 4.78 is 37.4. The van der Waals surface area contributed by atoms with Crippen LogP contribution in [0.4, 0.5) is 13.2 Å². The third-order valence-corrected chi connectivity index (χ3v) is 3.32. The number of ketones is 1. The topological polar surface area (TPSA) is 17.1 Å². The molecule has 0 spiro atoms. The van der Waals surface area contributed by atoms with Crippen LogP contribution in [-0.4, -0.2) is 5.78 Å². The van der Waals surface area contributed by atoms with Crippen molar-refractivity contribution in [3.05, 3.63) is 35.4 Å². The summed E-state index contributed by atoms with van der Waals surface area (Å²) in [7, 11) is 0. The lowest BCUT2D eigenvalue weighted by atomic mass is 9.80. The highest BCUT2D eigenvalue weighted by molar-refractivity contribution is 5.75. The Balaban J connectivity index is 2.76. The first-order chi connectivity index (χ1) is 8.63. The lowest BCUT2D eigenvalue weighted by Crippen LogP contribution is -2.18. The van der Waals surface area contributed by atoms with Crippen molar-refractivity contribution in [1.82, 2.24) is 0 Å². The maximum Gasteiger partial charge on any atom is 0.416 e. The van der Waals surface area contributed by atoms with E-state index in [4.69, 9.17) is 0 Å². The number of carbonyl (C=O) groups is 1. The van der Waals surface area contributed by atoms with Crippen LogP contribution >= 0.6 is 0 Å². The summed E-state index contributed by atoms with van der Waals surface area (Å²) in [4.78, 5) is 10.9. The minimum absolute atomic E-state index is 0.142. The Hall–Kier alpha value is -1.32. The van der Waals surface area contributed by atoms with Crippen LogP contribution in [0.5, 0.6) is 0 Å². The number of benzene rings is 1. The van der Waals surface area contributed by atoms with Crippen molar-refractivity contribution in [2.45, 2.75) is 51.6 Å². The first-order valence-corrected chi connectivity index (χ1v) is 6.30. The predicted molar refractivity (Wildman–Crippen MR) is 69.0 cm³/mol. The molecule has 4 heteroatoms. The summed E-state index contributed by atoms with van der Waals surface area (Å²) in [6.45, 7) is 5.51. The first-order valence-electron chi connectivity index (χ1n) is 6.30. The van der Waals surface area contributed by atoms with Gasteiger partial charge in [0.15, 0.2) is 0 Å². The molecule has 106 valence electrons. The molecule has 19 heavy (non-hydrogen) atoms. The molecule has 0 atom stereocenters. The molecule has 1 aromatic carbocycles. The molecule has 0 fully saturated rings. The molecule has 0 aromatic heterocycles. The molecule has 0 unspecified atom stereocenters. The number of rotatable bonds is 5. The largest absolute Gasteiger partial charge is 0.416 e. The van der Waals surface area contributed by atoms with Gasteiger partial charge in [-0.05, 0) is 42.9 Å². The monoisotopic (exact) mass is 272 g/mol. The number of hydrogen-bond acceptors (Lipinski definition) is 1. The van der Waals surface area contributed by atoms with Gasteiger partial charge in [0.2, 0.25) is 0 Å². The van der Waals surface area contributed by atoms with Crippen molar-refractivity contribution >= 4 is 5.78 Å². The smallest absolute Gasteiger partial charge is 0.300 e. The van der Waals surface area contributed by atoms with Crippen LogP contribution in [0.15, 0.2) is 24.3 Å². The molecular weight excluding hydrogens is 253 g/mol. The van der Waals surface area contributed by atoms with Crippen LogP contribution in [-0.2, 0) is 16.4 Å². The highest BCUT2D eigenvalue weighted by atomic mass is 19.4. The van der Waals surface area contributed by atoms with E-state index in [1.807, 2.05) is 13.8 Å². The minimum Gasteiger partial charge on any atom is -0.300 e. The lowest BCUT2D eigenvalue weighted by molar-refractivity contribution is -0.137. The number of Topliss-reactive ketones (excluding diaryl/α,β-unsaturated/α-hetero) is 1. The van der Waals surface area contributed by atoms with Crippen LogP contribution in [0.2, 0.25) is 0 Å². The third-order valence-electron chi connectivity index (χ3n) is 3.32. The fourth-order valence-corrected chi connectivity index (χ4v) is 2.03. The molecule has 0 bridgehead atoms. The highest BCUT2D eigenvalue weighted by Gasteiger charge is 2.30. The van der Waals surface area contributed by atoms with E-state index in [9.17, 15) is 18.0 Å². The molecule has 1 nitrogen and oxygen atoms in total. The summed E-state index contributed by atoms with van der Waals surface area (Å²) >= 11 is 0. The highest BCUT2D eigenvalue weighted by Crippen LogP contribution is 2.33. The van der Waals surface area contributed by atoms with Crippen LogP contribution in [0.1, 0.15) is 51.2 Å². The van der Waals surface area contributed by atoms with Crippen molar-refractivity contribution in [1.29, 1.82) is 0 Å². The number of hydrogen-bond donors (Lipinski definition) is 0. The summed E-state index contributed by atoms with van der Waals surface area (Å²) in [6.07, 6.45) is -2.25. The molecule has 0 amide bonds. The van der Waals surface area contributed by atoms with Gasteiger partial charge in [-0.25, -0.2) is 0 Å². The van der Waals surface area contributed by atoms with E-state index >= 15 is 0 Å². The van der Waals surface area contributed by atoms with E-state index in [2.05, 4.69) is 0 Å². The van der Waals surface area contributed by atoms with Gasteiger partial charge in [-0.2, -0.15) is 13.2 Å². The van der Waals surface area contributed by atoms with Crippen LogP contribution in [0.25, 0.3) is 0 Å². The fourth-order valence-electron chi connectivity index (χ4n) is 2.03. The summed E-state index contributed by atoms with van der Waals surface area (Å²) in [5, 5.41) is 0. The van der Waals surface area contributed by atoms with Gasteiger partial charge in [-0.15, -0.1) is 0 Å². The van der Waals surface area contributed by atoms with Gasteiger partial charge >= 0.3 is 6.18 Å². The average Bonchev–Trinajstić information content (AvgIpc) is 2.27. The molecule has 0 saturated carbocycles. The third kappa shape index (κ3) is 4.69. The molecule has 0 N–H and O–H groups in total. The Bertz CT molecular complexity index is 430. The van der Waals surface area contributed by atoms with Gasteiger partial charge < -0.3 is 4.79 Å². The molecule has 1 rings (SSSR count). The maximum absolute atomic E-state index is 12.5. The minimum atomic E-state index is -4.29. The molecule has 0 aliphatic carbocycles. The predicted octanol–water partition coefficient (Wildman–Crippen LogP) is 4.74. The zero-order chi connectivity index (χ0) is 14.7. The number of halogens is 3. The molecule has 0 aliphatic heterocycles. The van der Waals surface area contributed by atoms with Gasteiger partial charge in [0.25, 0.3) is 0 Å². The van der Waals surface area contributed by atoms with E-state index in [-0.39, 0.29) is 11.2 Å². The van der Waals surface area contributed by atoms with E-state index in [0.717, 1.165) is 30.5 Å². The molecule has 0 heterocycles. The lowest BCUT2D eigenvalue weighted by Gasteiger charge is -2.25. The maximum atomic E-state index is 12.5. The Morgan fingerprint density at radius 2 is 1.53 bits per heavy atom. The zero-order valence-electron chi connectivity index (χ0n) is 11.5. The Labute approximate surface area is 111 Å². The van der Waals surface area contributed by atoms with Crippen molar-refractivity contribution in [2.75, 3.05) is 0 Å². The second-order valence-electron chi connectivity index (χ2n) is 5.51. The zero-order valence-corrected chi connectivity index (χ0v) is 11.5. The van der Waals surface area contributed by atoms with Crippen molar-refractivity contribution in [2.24, 2.45) is 0 Å². The SMILES string of the molecule is CC(=O)CCCC(C)(C)c1ccc(C(F)(F)F)cc1. The molecule has 0 radical (unpaired) electrons. The van der Waals surface area contributed by atoms with Crippen LogP contribution < -0.4 is 0 Å². The van der Waals surface area contributed by atoms with Crippen LogP contribution in [0.3, 0.4) is 0 Å². The summed E-state index contributed by atoms with van der Waals surface area (Å²) in [6, 6.07) is 5.28. The average molecular weight is 272 g/mol. The molecule has 0 saturated heterocycles.